The van der Waals surface area contributed by atoms with Gasteiger partial charge in [0.25, 0.3) is 0 Å². The predicted octanol–water partition coefficient (Wildman–Crippen LogP) is 5.65. The molecular weight excluding hydrogens is 378 g/mol. The van der Waals surface area contributed by atoms with E-state index in [0.717, 1.165) is 0 Å². The van der Waals surface area contributed by atoms with Gasteiger partial charge in [0.1, 0.15) is 0 Å². The maximum Gasteiger partial charge on any atom is 0.230 e. The fourth-order valence-corrected chi connectivity index (χ4v) is 3.04. The summed E-state index contributed by atoms with van der Waals surface area (Å²) in [4.78, 5) is 11.6. The molecule has 0 saturated carbocycles. The van der Waals surface area contributed by atoms with E-state index in [2.05, 4.69) is 5.32 Å². The van der Waals surface area contributed by atoms with Crippen LogP contribution in [-0.2, 0) is 4.79 Å². The molecule has 0 aliphatic carbocycles. The Balaban J connectivity index is 2.11. The lowest BCUT2D eigenvalue weighted by molar-refractivity contribution is -0.122. The van der Waals surface area contributed by atoms with E-state index < -0.39 is 39.5 Å². The van der Waals surface area contributed by atoms with Crippen LogP contribution in [0.5, 0.6) is 0 Å². The third-order valence-electron chi connectivity index (χ3n) is 3.37. The van der Waals surface area contributed by atoms with Crippen molar-refractivity contribution >= 4 is 35.0 Å². The smallest absolute Gasteiger partial charge is 0.230 e. The average molecular weight is 392 g/mol. The quantitative estimate of drug-likeness (QED) is 0.405. The largest absolute Gasteiger partial charge is 0.326 e. The van der Waals surface area contributed by atoms with Gasteiger partial charge in [0.05, 0.1) is 10.3 Å². The molecule has 0 unspecified atom stereocenters. The van der Waals surface area contributed by atoms with Crippen molar-refractivity contribution in [2.45, 2.75) is 18.7 Å². The second kappa shape index (κ2) is 7.66. The van der Waals surface area contributed by atoms with Gasteiger partial charge in [-0.3, -0.25) is 4.79 Å². The second-order valence-electron chi connectivity index (χ2n) is 5.93. The van der Waals surface area contributed by atoms with Crippen LogP contribution in [-0.4, -0.2) is 11.7 Å². The molecule has 0 heterocycles. The van der Waals surface area contributed by atoms with E-state index in [0.29, 0.717) is 22.5 Å². The van der Waals surface area contributed by atoms with Crippen molar-refractivity contribution in [2.75, 3.05) is 11.1 Å². The first kappa shape index (κ1) is 19.6. The highest BCUT2D eigenvalue weighted by Crippen LogP contribution is 2.34. The summed E-state index contributed by atoms with van der Waals surface area (Å²) < 4.78 is 53.8. The number of rotatable bonds is 5. The summed E-state index contributed by atoms with van der Waals surface area (Å²) in [7, 11) is 0. The summed E-state index contributed by atoms with van der Waals surface area (Å²) in [5, 5.41) is 3.16. The van der Waals surface area contributed by atoms with E-state index in [1.54, 1.807) is 38.1 Å². The summed E-state index contributed by atoms with van der Waals surface area (Å²) in [5.74, 6) is -6.42. The summed E-state index contributed by atoms with van der Waals surface area (Å²) in [6.07, 6.45) is 0. The molecule has 8 heteroatoms. The third-order valence-corrected chi connectivity index (χ3v) is 5.13. The van der Waals surface area contributed by atoms with Gasteiger partial charge in [-0.15, -0.1) is 11.8 Å². The van der Waals surface area contributed by atoms with Crippen LogP contribution in [0.4, 0.5) is 23.2 Å². The zero-order valence-corrected chi connectivity index (χ0v) is 14.9. The first-order valence-corrected chi connectivity index (χ1v) is 8.51. The van der Waals surface area contributed by atoms with Crippen LogP contribution in [0.1, 0.15) is 13.8 Å². The number of halogens is 5. The van der Waals surface area contributed by atoms with Gasteiger partial charge in [-0.1, -0.05) is 25.4 Å². The molecule has 0 aliphatic heterocycles. The highest BCUT2D eigenvalue weighted by molar-refractivity contribution is 7.99. The minimum absolute atomic E-state index is 0.0941. The standard InChI is InChI=1S/C17H14ClF4NOS/c1-17(2,16(24)23-10-5-3-9(18)4-6-10)8-25-15-13(21)11(19)7-12(20)14(15)22/h3-7H,8H2,1-2H3,(H,23,24). The summed E-state index contributed by atoms with van der Waals surface area (Å²) >= 11 is 6.30. The molecule has 0 saturated heterocycles. The van der Waals surface area contributed by atoms with Crippen LogP contribution < -0.4 is 5.32 Å². The van der Waals surface area contributed by atoms with E-state index in [-0.39, 0.29) is 11.8 Å². The monoisotopic (exact) mass is 391 g/mol. The van der Waals surface area contributed by atoms with E-state index in [1.807, 2.05) is 0 Å². The van der Waals surface area contributed by atoms with E-state index in [4.69, 9.17) is 11.6 Å². The highest BCUT2D eigenvalue weighted by Gasteiger charge is 2.30. The molecule has 1 N–H and O–H groups in total. The van der Waals surface area contributed by atoms with Crippen molar-refractivity contribution in [1.82, 2.24) is 0 Å². The van der Waals surface area contributed by atoms with Crippen LogP contribution in [0.2, 0.25) is 5.02 Å². The SMILES string of the molecule is CC(C)(CSc1c(F)c(F)cc(F)c1F)C(=O)Nc1ccc(Cl)cc1. The highest BCUT2D eigenvalue weighted by atomic mass is 35.5. The molecule has 0 spiro atoms. The first-order chi connectivity index (χ1) is 11.6. The van der Waals surface area contributed by atoms with E-state index >= 15 is 0 Å². The minimum atomic E-state index is -1.48. The lowest BCUT2D eigenvalue weighted by atomic mass is 9.95. The van der Waals surface area contributed by atoms with Crippen molar-refractivity contribution < 1.29 is 22.4 Å². The number of anilines is 1. The van der Waals surface area contributed by atoms with Crippen molar-refractivity contribution in [2.24, 2.45) is 5.41 Å². The molecule has 0 aliphatic rings. The number of amides is 1. The Labute approximate surface area is 151 Å². The summed E-state index contributed by atoms with van der Waals surface area (Å²) in [6, 6.07) is 6.54. The van der Waals surface area contributed by atoms with Crippen LogP contribution in [0.3, 0.4) is 0 Å². The molecule has 0 bridgehead atoms. The molecule has 2 aromatic rings. The molecule has 1 amide bonds. The van der Waals surface area contributed by atoms with Gasteiger partial charge < -0.3 is 5.32 Å². The van der Waals surface area contributed by atoms with Crippen molar-refractivity contribution in [3.63, 3.8) is 0 Å². The molecule has 0 radical (unpaired) electrons. The molecule has 0 aromatic heterocycles. The Morgan fingerprint density at radius 2 is 1.60 bits per heavy atom. The van der Waals surface area contributed by atoms with E-state index in [1.165, 1.54) is 0 Å². The second-order valence-corrected chi connectivity index (χ2v) is 7.35. The van der Waals surface area contributed by atoms with Gasteiger partial charge in [-0.25, -0.2) is 17.6 Å². The fourth-order valence-electron chi connectivity index (χ4n) is 1.83. The zero-order valence-electron chi connectivity index (χ0n) is 13.3. The first-order valence-electron chi connectivity index (χ1n) is 7.14. The number of thioether (sulfide) groups is 1. The molecule has 25 heavy (non-hydrogen) atoms. The number of hydrogen-bond donors (Lipinski definition) is 1. The zero-order chi connectivity index (χ0) is 18.8. The molecule has 0 atom stereocenters. The molecule has 134 valence electrons. The third kappa shape index (κ3) is 4.67. The molecular formula is C17H14ClF4NOS. The van der Waals surface area contributed by atoms with E-state index in [9.17, 15) is 22.4 Å². The van der Waals surface area contributed by atoms with Gasteiger partial charge in [-0.2, -0.15) is 0 Å². The van der Waals surface area contributed by atoms with Gasteiger partial charge in [-0.05, 0) is 24.3 Å². The summed E-state index contributed by atoms with van der Waals surface area (Å²) in [6.45, 7) is 3.10. The van der Waals surface area contributed by atoms with Crippen molar-refractivity contribution in [1.29, 1.82) is 0 Å². The number of benzene rings is 2. The molecule has 2 rings (SSSR count). The van der Waals surface area contributed by atoms with Crippen LogP contribution in [0, 0.1) is 28.7 Å². The lowest BCUT2D eigenvalue weighted by Gasteiger charge is -2.23. The van der Waals surface area contributed by atoms with Crippen LogP contribution >= 0.6 is 23.4 Å². The Hall–Kier alpha value is -1.73. The van der Waals surface area contributed by atoms with Gasteiger partial charge in [0, 0.05) is 22.5 Å². The minimum Gasteiger partial charge on any atom is -0.326 e. The molecule has 2 aromatic carbocycles. The van der Waals surface area contributed by atoms with Crippen molar-refractivity contribution in [3.8, 4) is 0 Å². The normalized spacial score (nSPS) is 11.5. The molecule has 0 fully saturated rings. The fraction of sp³-hybridized carbons (Fsp3) is 0.235. The van der Waals surface area contributed by atoms with Crippen LogP contribution in [0.15, 0.2) is 35.2 Å². The van der Waals surface area contributed by atoms with Gasteiger partial charge >= 0.3 is 0 Å². The maximum absolute atomic E-state index is 13.7. The summed E-state index contributed by atoms with van der Waals surface area (Å²) in [5.41, 5.74) is -0.562. The van der Waals surface area contributed by atoms with Crippen molar-refractivity contribution in [3.05, 3.63) is 58.6 Å². The van der Waals surface area contributed by atoms with Gasteiger partial charge in [0.2, 0.25) is 5.91 Å². The number of carbonyl (C=O) groups excluding carboxylic acids is 1. The number of nitrogens with one attached hydrogen (secondary N) is 1. The molecule has 2 nitrogen and oxygen atoms in total. The predicted molar refractivity (Wildman–Crippen MR) is 90.9 cm³/mol. The Morgan fingerprint density at radius 1 is 1.08 bits per heavy atom. The Bertz CT molecular complexity index is 770. The number of hydrogen-bond acceptors (Lipinski definition) is 2. The van der Waals surface area contributed by atoms with Crippen LogP contribution in [0.25, 0.3) is 0 Å². The topological polar surface area (TPSA) is 29.1 Å². The lowest BCUT2D eigenvalue weighted by Crippen LogP contribution is -2.33. The number of carbonyl (C=O) groups is 1. The Morgan fingerprint density at radius 3 is 2.12 bits per heavy atom. The van der Waals surface area contributed by atoms with Gasteiger partial charge in [0.15, 0.2) is 23.3 Å². The maximum atomic E-state index is 13.7. The average Bonchev–Trinajstić information content (AvgIpc) is 2.55. The Kier molecular flexibility index (Phi) is 6.00.